The van der Waals surface area contributed by atoms with Gasteiger partial charge in [0.05, 0.1) is 6.04 Å². The summed E-state index contributed by atoms with van der Waals surface area (Å²) in [5.74, 6) is -0.683. The van der Waals surface area contributed by atoms with Gasteiger partial charge in [0.15, 0.2) is 10.8 Å². The molecule has 1 amide bonds. The van der Waals surface area contributed by atoms with Crippen LogP contribution in [-0.4, -0.2) is 16.1 Å². The molecule has 1 unspecified atom stereocenters. The summed E-state index contributed by atoms with van der Waals surface area (Å²) >= 11 is 5.60. The van der Waals surface area contributed by atoms with Crippen LogP contribution in [0.2, 0.25) is 5.15 Å². The highest BCUT2D eigenvalue weighted by Gasteiger charge is 2.14. The zero-order chi connectivity index (χ0) is 14.7. The fraction of sp³-hybridized carbons (Fsp3) is 0.214. The van der Waals surface area contributed by atoms with Crippen molar-refractivity contribution >= 4 is 17.5 Å². The maximum Gasteiger partial charge on any atom is 0.272 e. The molecule has 20 heavy (non-hydrogen) atoms. The molecule has 1 heterocycles. The van der Waals surface area contributed by atoms with Crippen molar-refractivity contribution in [2.45, 2.75) is 19.9 Å². The second-order valence-corrected chi connectivity index (χ2v) is 4.83. The smallest absolute Gasteiger partial charge is 0.272 e. The Morgan fingerprint density at radius 1 is 1.30 bits per heavy atom. The number of rotatable bonds is 3. The van der Waals surface area contributed by atoms with Gasteiger partial charge in [0.2, 0.25) is 0 Å². The quantitative estimate of drug-likeness (QED) is 0.946. The van der Waals surface area contributed by atoms with Gasteiger partial charge in [-0.15, -0.1) is 10.2 Å². The molecule has 0 aliphatic carbocycles. The summed E-state index contributed by atoms with van der Waals surface area (Å²) in [4.78, 5) is 11.9. The Hall–Kier alpha value is -2.01. The van der Waals surface area contributed by atoms with Gasteiger partial charge in [0.25, 0.3) is 5.91 Å². The Balaban J connectivity index is 2.10. The van der Waals surface area contributed by atoms with E-state index in [-0.39, 0.29) is 28.6 Å². The van der Waals surface area contributed by atoms with Gasteiger partial charge in [-0.25, -0.2) is 4.39 Å². The van der Waals surface area contributed by atoms with Crippen molar-refractivity contribution in [2.75, 3.05) is 0 Å². The van der Waals surface area contributed by atoms with E-state index in [1.54, 1.807) is 26.0 Å². The Morgan fingerprint density at radius 2 is 2.05 bits per heavy atom. The van der Waals surface area contributed by atoms with Gasteiger partial charge in [-0.05, 0) is 43.2 Å². The van der Waals surface area contributed by atoms with Gasteiger partial charge < -0.3 is 5.32 Å². The first-order valence-corrected chi connectivity index (χ1v) is 6.41. The lowest BCUT2D eigenvalue weighted by Gasteiger charge is -2.14. The van der Waals surface area contributed by atoms with Crippen molar-refractivity contribution in [2.24, 2.45) is 0 Å². The Kier molecular flexibility index (Phi) is 4.29. The minimum atomic E-state index is -0.386. The van der Waals surface area contributed by atoms with Crippen molar-refractivity contribution in [3.05, 3.63) is 58.1 Å². The zero-order valence-electron chi connectivity index (χ0n) is 11.0. The van der Waals surface area contributed by atoms with Gasteiger partial charge in [-0.2, -0.15) is 0 Å². The van der Waals surface area contributed by atoms with E-state index in [0.717, 1.165) is 0 Å². The number of benzene rings is 1. The van der Waals surface area contributed by atoms with E-state index in [4.69, 9.17) is 11.6 Å². The highest BCUT2D eigenvalue weighted by Crippen LogP contribution is 2.16. The van der Waals surface area contributed by atoms with E-state index in [1.165, 1.54) is 18.2 Å². The van der Waals surface area contributed by atoms with Gasteiger partial charge in [-0.1, -0.05) is 23.7 Å². The SMILES string of the molecule is Cc1ccc(C(C)NC(=O)c2ccc(Cl)nn2)cc1F. The summed E-state index contributed by atoms with van der Waals surface area (Å²) in [7, 11) is 0. The summed E-state index contributed by atoms with van der Waals surface area (Å²) in [5.41, 5.74) is 1.41. The lowest BCUT2D eigenvalue weighted by molar-refractivity contribution is 0.0933. The molecule has 0 aliphatic heterocycles. The second-order valence-electron chi connectivity index (χ2n) is 4.45. The highest BCUT2D eigenvalue weighted by atomic mass is 35.5. The summed E-state index contributed by atoms with van der Waals surface area (Å²) < 4.78 is 13.5. The van der Waals surface area contributed by atoms with Crippen LogP contribution in [-0.2, 0) is 0 Å². The van der Waals surface area contributed by atoms with Crippen molar-refractivity contribution in [1.29, 1.82) is 0 Å². The summed E-state index contributed by atoms with van der Waals surface area (Å²) in [6.45, 7) is 3.46. The average molecular weight is 294 g/mol. The molecular formula is C14H13ClFN3O. The molecule has 0 radical (unpaired) electrons. The number of hydrogen-bond acceptors (Lipinski definition) is 3. The van der Waals surface area contributed by atoms with Crippen LogP contribution in [0.1, 0.15) is 34.6 Å². The summed E-state index contributed by atoms with van der Waals surface area (Å²) in [6.07, 6.45) is 0. The van der Waals surface area contributed by atoms with E-state index in [9.17, 15) is 9.18 Å². The molecule has 0 spiro atoms. The molecule has 4 nitrogen and oxygen atoms in total. The molecule has 1 aromatic carbocycles. The molecule has 1 N–H and O–H groups in total. The number of amides is 1. The molecule has 104 valence electrons. The first-order valence-electron chi connectivity index (χ1n) is 6.03. The van der Waals surface area contributed by atoms with Crippen LogP contribution in [0.15, 0.2) is 30.3 Å². The monoisotopic (exact) mass is 293 g/mol. The lowest BCUT2D eigenvalue weighted by atomic mass is 10.1. The molecule has 6 heteroatoms. The minimum absolute atomic E-state index is 0.161. The molecule has 0 aliphatic rings. The van der Waals surface area contributed by atoms with Crippen LogP contribution in [0.25, 0.3) is 0 Å². The molecule has 2 rings (SSSR count). The van der Waals surface area contributed by atoms with Crippen molar-refractivity contribution < 1.29 is 9.18 Å². The number of aryl methyl sites for hydroxylation is 1. The van der Waals surface area contributed by atoms with E-state index in [0.29, 0.717) is 11.1 Å². The van der Waals surface area contributed by atoms with Crippen LogP contribution in [0.3, 0.4) is 0 Å². The van der Waals surface area contributed by atoms with Crippen LogP contribution in [0.4, 0.5) is 4.39 Å². The van der Waals surface area contributed by atoms with E-state index < -0.39 is 0 Å². The van der Waals surface area contributed by atoms with Gasteiger partial charge >= 0.3 is 0 Å². The minimum Gasteiger partial charge on any atom is -0.344 e. The van der Waals surface area contributed by atoms with Crippen LogP contribution in [0.5, 0.6) is 0 Å². The number of hydrogen-bond donors (Lipinski definition) is 1. The highest BCUT2D eigenvalue weighted by molar-refractivity contribution is 6.29. The normalized spacial score (nSPS) is 12.0. The van der Waals surface area contributed by atoms with Crippen LogP contribution in [0, 0.1) is 12.7 Å². The number of carbonyl (C=O) groups excluding carboxylic acids is 1. The van der Waals surface area contributed by atoms with Crippen LogP contribution >= 0.6 is 11.6 Å². The molecule has 1 atom stereocenters. The predicted molar refractivity (Wildman–Crippen MR) is 74.1 cm³/mol. The first kappa shape index (κ1) is 14.4. The van der Waals surface area contributed by atoms with E-state index >= 15 is 0 Å². The molecular weight excluding hydrogens is 281 g/mol. The second kappa shape index (κ2) is 5.96. The molecule has 2 aromatic rings. The van der Waals surface area contributed by atoms with Gasteiger partial charge in [0.1, 0.15) is 5.82 Å². The molecule has 1 aromatic heterocycles. The Morgan fingerprint density at radius 3 is 2.65 bits per heavy atom. The largest absolute Gasteiger partial charge is 0.344 e. The third-order valence-electron chi connectivity index (χ3n) is 2.91. The number of carbonyl (C=O) groups is 1. The molecule has 0 saturated heterocycles. The number of nitrogens with one attached hydrogen (secondary N) is 1. The Bertz CT molecular complexity index is 631. The zero-order valence-corrected chi connectivity index (χ0v) is 11.8. The number of halogens is 2. The predicted octanol–water partition coefficient (Wildman–Crippen LogP) is 3.07. The number of nitrogens with zero attached hydrogens (tertiary/aromatic N) is 2. The molecule has 0 bridgehead atoms. The van der Waals surface area contributed by atoms with Gasteiger partial charge in [0, 0.05) is 0 Å². The summed E-state index contributed by atoms with van der Waals surface area (Å²) in [6, 6.07) is 7.49. The number of aromatic nitrogens is 2. The average Bonchev–Trinajstić information content (AvgIpc) is 2.42. The van der Waals surface area contributed by atoms with E-state index in [2.05, 4.69) is 15.5 Å². The fourth-order valence-corrected chi connectivity index (χ4v) is 1.77. The maximum absolute atomic E-state index is 13.5. The lowest BCUT2D eigenvalue weighted by Crippen LogP contribution is -2.27. The molecule has 0 fully saturated rings. The topological polar surface area (TPSA) is 54.9 Å². The fourth-order valence-electron chi connectivity index (χ4n) is 1.67. The third-order valence-corrected chi connectivity index (χ3v) is 3.11. The van der Waals surface area contributed by atoms with Crippen molar-refractivity contribution in [1.82, 2.24) is 15.5 Å². The van der Waals surface area contributed by atoms with E-state index in [1.807, 2.05) is 0 Å². The maximum atomic E-state index is 13.5. The van der Waals surface area contributed by atoms with Crippen molar-refractivity contribution in [3.8, 4) is 0 Å². The van der Waals surface area contributed by atoms with Gasteiger partial charge in [-0.3, -0.25) is 4.79 Å². The molecule has 0 saturated carbocycles. The first-order chi connectivity index (χ1) is 9.47. The summed E-state index contributed by atoms with van der Waals surface area (Å²) in [5, 5.41) is 10.2. The third kappa shape index (κ3) is 3.30. The van der Waals surface area contributed by atoms with Crippen molar-refractivity contribution in [3.63, 3.8) is 0 Å². The Labute approximate surface area is 121 Å². The van der Waals surface area contributed by atoms with Crippen LogP contribution < -0.4 is 5.32 Å². The standard InChI is InChI=1S/C14H13ClFN3O/c1-8-3-4-10(7-11(8)16)9(2)17-14(20)12-5-6-13(15)19-18-12/h3-7,9H,1-2H3,(H,17,20).